The zero-order valence-electron chi connectivity index (χ0n) is 9.41. The van der Waals surface area contributed by atoms with E-state index in [1.54, 1.807) is 5.38 Å². The average molecular weight is 470 g/mol. The topological polar surface area (TPSA) is 68.0 Å². The van der Waals surface area contributed by atoms with Crippen molar-refractivity contribution in [3.05, 3.63) is 36.6 Å². The Morgan fingerprint density at radius 1 is 1.32 bits per heavy atom. The van der Waals surface area contributed by atoms with Gasteiger partial charge >= 0.3 is 0 Å². The van der Waals surface area contributed by atoms with Crippen molar-refractivity contribution in [3.63, 3.8) is 0 Å². The van der Waals surface area contributed by atoms with E-state index in [0.29, 0.717) is 16.5 Å². The molecule has 1 amide bonds. The number of thiazole rings is 1. The summed E-state index contributed by atoms with van der Waals surface area (Å²) in [5.41, 5.74) is 6.89. The molecule has 0 atom stereocenters. The highest BCUT2D eigenvalue weighted by molar-refractivity contribution is 9.11. The van der Waals surface area contributed by atoms with Gasteiger partial charge in [0.15, 0.2) is 5.13 Å². The van der Waals surface area contributed by atoms with Gasteiger partial charge in [-0.2, -0.15) is 0 Å². The first kappa shape index (κ1) is 15.0. The summed E-state index contributed by atoms with van der Waals surface area (Å²) in [5, 5.41) is 5.08. The minimum absolute atomic E-state index is 0.144. The highest BCUT2D eigenvalue weighted by Gasteiger charge is 2.12. The van der Waals surface area contributed by atoms with Crippen molar-refractivity contribution in [2.45, 2.75) is 6.42 Å². The molecule has 0 spiro atoms. The van der Waals surface area contributed by atoms with Crippen LogP contribution >= 0.6 is 59.1 Å². The number of rotatable bonds is 3. The van der Waals surface area contributed by atoms with E-state index in [1.807, 2.05) is 12.1 Å². The zero-order valence-corrected chi connectivity index (χ0v) is 15.0. The molecule has 0 saturated carbocycles. The van der Waals surface area contributed by atoms with E-state index in [-0.39, 0.29) is 12.3 Å². The van der Waals surface area contributed by atoms with E-state index in [1.165, 1.54) is 11.3 Å². The molecule has 2 rings (SSSR count). The predicted octanol–water partition coefficient (Wildman–Crippen LogP) is 4.19. The van der Waals surface area contributed by atoms with Gasteiger partial charge in [0, 0.05) is 18.8 Å². The Morgan fingerprint density at radius 2 is 1.95 bits per heavy atom. The highest BCUT2D eigenvalue weighted by Crippen LogP contribution is 2.34. The Bertz CT molecular complexity index is 606. The van der Waals surface area contributed by atoms with E-state index >= 15 is 0 Å². The van der Waals surface area contributed by atoms with Crippen LogP contribution in [-0.2, 0) is 11.2 Å². The van der Waals surface area contributed by atoms with Crippen LogP contribution in [0.4, 0.5) is 10.8 Å². The molecule has 0 aliphatic rings. The van der Waals surface area contributed by atoms with Crippen LogP contribution in [0.1, 0.15) is 5.69 Å². The maximum absolute atomic E-state index is 11.9. The van der Waals surface area contributed by atoms with Crippen molar-refractivity contribution in [1.82, 2.24) is 4.98 Å². The first-order valence-electron chi connectivity index (χ1n) is 5.10. The predicted molar refractivity (Wildman–Crippen MR) is 88.4 cm³/mol. The van der Waals surface area contributed by atoms with Crippen LogP contribution in [0.15, 0.2) is 30.9 Å². The molecular formula is C11H8Br3N3OS. The molecule has 0 aliphatic carbocycles. The van der Waals surface area contributed by atoms with Gasteiger partial charge < -0.3 is 11.1 Å². The Morgan fingerprint density at radius 3 is 2.47 bits per heavy atom. The van der Waals surface area contributed by atoms with E-state index in [4.69, 9.17) is 5.73 Å². The number of hydrogen-bond donors (Lipinski definition) is 2. The quantitative estimate of drug-likeness (QED) is 0.708. The molecule has 0 unspecified atom stereocenters. The Balaban J connectivity index is 2.11. The first-order valence-corrected chi connectivity index (χ1v) is 8.36. The molecule has 0 radical (unpaired) electrons. The van der Waals surface area contributed by atoms with Gasteiger partial charge in [-0.1, -0.05) is 15.9 Å². The lowest BCUT2D eigenvalue weighted by molar-refractivity contribution is -0.115. The van der Waals surface area contributed by atoms with Gasteiger partial charge in [0.05, 0.1) is 17.8 Å². The molecule has 1 aromatic carbocycles. The van der Waals surface area contributed by atoms with Gasteiger partial charge in [0.2, 0.25) is 5.91 Å². The van der Waals surface area contributed by atoms with Crippen LogP contribution < -0.4 is 11.1 Å². The maximum atomic E-state index is 11.9. The summed E-state index contributed by atoms with van der Waals surface area (Å²) in [7, 11) is 0. The SMILES string of the molecule is Nc1nc(CC(=O)Nc2c(Br)cc(Br)cc2Br)cs1. The van der Waals surface area contributed by atoms with Gasteiger partial charge in [-0.15, -0.1) is 11.3 Å². The molecule has 4 nitrogen and oxygen atoms in total. The number of anilines is 2. The Kier molecular flexibility index (Phi) is 4.99. The molecule has 2 aromatic rings. The summed E-state index contributed by atoms with van der Waals surface area (Å²) in [6.07, 6.45) is 0.197. The Labute approximate surface area is 139 Å². The van der Waals surface area contributed by atoms with E-state index in [2.05, 4.69) is 58.1 Å². The second kappa shape index (κ2) is 6.34. The normalized spacial score (nSPS) is 10.5. The summed E-state index contributed by atoms with van der Waals surface area (Å²) < 4.78 is 2.50. The number of amides is 1. The van der Waals surface area contributed by atoms with Crippen LogP contribution in [-0.4, -0.2) is 10.9 Å². The van der Waals surface area contributed by atoms with Crippen molar-refractivity contribution < 1.29 is 4.79 Å². The lowest BCUT2D eigenvalue weighted by atomic mass is 10.3. The fourth-order valence-electron chi connectivity index (χ4n) is 1.41. The van der Waals surface area contributed by atoms with E-state index in [0.717, 1.165) is 13.4 Å². The largest absolute Gasteiger partial charge is 0.375 e. The van der Waals surface area contributed by atoms with Crippen LogP contribution in [0, 0.1) is 0 Å². The highest BCUT2D eigenvalue weighted by atomic mass is 79.9. The van der Waals surface area contributed by atoms with E-state index in [9.17, 15) is 4.79 Å². The summed E-state index contributed by atoms with van der Waals surface area (Å²) in [5.74, 6) is -0.144. The standard InChI is InChI=1S/C11H8Br3N3OS/c12-5-1-7(13)10(8(14)2-5)17-9(18)3-6-4-19-11(15)16-6/h1-2,4H,3H2,(H2,15,16)(H,17,18). The number of halogens is 3. The summed E-state index contributed by atoms with van der Waals surface area (Å²) in [4.78, 5) is 16.0. The fraction of sp³-hybridized carbons (Fsp3) is 0.0909. The van der Waals surface area contributed by atoms with Gasteiger partial charge in [-0.05, 0) is 44.0 Å². The third kappa shape index (κ3) is 4.01. The second-order valence-corrected chi connectivity index (χ2v) is 7.16. The van der Waals surface area contributed by atoms with Crippen molar-refractivity contribution in [1.29, 1.82) is 0 Å². The number of aromatic nitrogens is 1. The number of carbonyl (C=O) groups is 1. The monoisotopic (exact) mass is 467 g/mol. The molecule has 100 valence electrons. The van der Waals surface area contributed by atoms with Crippen LogP contribution in [0.5, 0.6) is 0 Å². The number of nitrogen functional groups attached to an aromatic ring is 1. The molecular weight excluding hydrogens is 462 g/mol. The summed E-state index contributed by atoms with van der Waals surface area (Å²) >= 11 is 11.5. The van der Waals surface area contributed by atoms with Gasteiger partial charge in [-0.25, -0.2) is 4.98 Å². The van der Waals surface area contributed by atoms with Crippen molar-refractivity contribution in [2.24, 2.45) is 0 Å². The second-order valence-electron chi connectivity index (χ2n) is 3.65. The van der Waals surface area contributed by atoms with Crippen molar-refractivity contribution in [3.8, 4) is 0 Å². The minimum Gasteiger partial charge on any atom is -0.375 e. The van der Waals surface area contributed by atoms with Crippen LogP contribution in [0.2, 0.25) is 0 Å². The minimum atomic E-state index is -0.144. The molecule has 0 fully saturated rings. The van der Waals surface area contributed by atoms with Crippen molar-refractivity contribution in [2.75, 3.05) is 11.1 Å². The van der Waals surface area contributed by atoms with Crippen LogP contribution in [0.3, 0.4) is 0 Å². The number of nitrogens with two attached hydrogens (primary N) is 1. The lowest BCUT2D eigenvalue weighted by Crippen LogP contribution is -2.15. The maximum Gasteiger partial charge on any atom is 0.230 e. The fourth-order valence-corrected chi connectivity index (χ4v) is 4.43. The van der Waals surface area contributed by atoms with Gasteiger partial charge in [0.1, 0.15) is 0 Å². The molecule has 1 heterocycles. The number of carbonyl (C=O) groups excluding carboxylic acids is 1. The smallest absolute Gasteiger partial charge is 0.230 e. The third-order valence-corrected chi connectivity index (χ3v) is 4.61. The summed E-state index contributed by atoms with van der Waals surface area (Å²) in [6.45, 7) is 0. The third-order valence-electron chi connectivity index (χ3n) is 2.18. The number of nitrogens with zero attached hydrogens (tertiary/aromatic N) is 1. The molecule has 3 N–H and O–H groups in total. The summed E-state index contributed by atoms with van der Waals surface area (Å²) in [6, 6.07) is 3.72. The van der Waals surface area contributed by atoms with E-state index < -0.39 is 0 Å². The molecule has 0 saturated heterocycles. The number of benzene rings is 1. The zero-order chi connectivity index (χ0) is 14.0. The molecule has 0 aliphatic heterocycles. The van der Waals surface area contributed by atoms with Gasteiger partial charge in [-0.3, -0.25) is 4.79 Å². The van der Waals surface area contributed by atoms with Gasteiger partial charge in [0.25, 0.3) is 0 Å². The Hall–Kier alpha value is -0.440. The molecule has 0 bridgehead atoms. The molecule has 19 heavy (non-hydrogen) atoms. The molecule has 1 aromatic heterocycles. The lowest BCUT2D eigenvalue weighted by Gasteiger charge is -2.09. The molecule has 8 heteroatoms. The average Bonchev–Trinajstić information content (AvgIpc) is 2.69. The number of hydrogen-bond acceptors (Lipinski definition) is 4. The van der Waals surface area contributed by atoms with Crippen LogP contribution in [0.25, 0.3) is 0 Å². The number of nitrogens with one attached hydrogen (secondary N) is 1. The first-order chi connectivity index (χ1) is 8.95. The van der Waals surface area contributed by atoms with Crippen molar-refractivity contribution >= 4 is 75.9 Å².